The SMILES string of the molecule is COc1ccccc1COCC(O)CN1CCC2(C1)OCc1ccccc12. The summed E-state index contributed by atoms with van der Waals surface area (Å²) in [5.74, 6) is 0.811. The van der Waals surface area contributed by atoms with Gasteiger partial charge in [-0.3, -0.25) is 4.90 Å². The Morgan fingerprint density at radius 2 is 2.00 bits per heavy atom. The lowest BCUT2D eigenvalue weighted by atomic mass is 9.92. The maximum atomic E-state index is 10.4. The van der Waals surface area contributed by atoms with Crippen LogP contribution in [0.25, 0.3) is 0 Å². The highest BCUT2D eigenvalue weighted by Gasteiger charge is 2.45. The van der Waals surface area contributed by atoms with Gasteiger partial charge in [0.05, 0.1) is 33.0 Å². The van der Waals surface area contributed by atoms with Crippen LogP contribution in [0.1, 0.15) is 23.1 Å². The van der Waals surface area contributed by atoms with Gasteiger partial charge in [0.1, 0.15) is 11.4 Å². The minimum Gasteiger partial charge on any atom is -0.496 e. The van der Waals surface area contributed by atoms with Gasteiger partial charge < -0.3 is 19.3 Å². The van der Waals surface area contributed by atoms with Crippen LogP contribution in [0, 0.1) is 0 Å². The lowest BCUT2D eigenvalue weighted by Crippen LogP contribution is -2.36. The third kappa shape index (κ3) is 3.87. The average molecular weight is 369 g/mol. The zero-order valence-corrected chi connectivity index (χ0v) is 15.8. The Hall–Kier alpha value is -1.92. The Balaban J connectivity index is 1.27. The molecular formula is C22H27NO4. The summed E-state index contributed by atoms with van der Waals surface area (Å²) < 4.78 is 17.2. The molecule has 0 saturated carbocycles. The van der Waals surface area contributed by atoms with E-state index in [4.69, 9.17) is 14.2 Å². The number of fused-ring (bicyclic) bond motifs is 2. The number of ether oxygens (including phenoxy) is 3. The Labute approximate surface area is 160 Å². The number of hydrogen-bond acceptors (Lipinski definition) is 5. The smallest absolute Gasteiger partial charge is 0.124 e. The van der Waals surface area contributed by atoms with Crippen LogP contribution >= 0.6 is 0 Å². The van der Waals surface area contributed by atoms with Gasteiger partial charge in [0.2, 0.25) is 0 Å². The van der Waals surface area contributed by atoms with E-state index in [0.717, 1.165) is 30.8 Å². The molecule has 2 unspecified atom stereocenters. The van der Waals surface area contributed by atoms with Crippen molar-refractivity contribution in [2.45, 2.75) is 31.3 Å². The van der Waals surface area contributed by atoms with Crippen LogP contribution < -0.4 is 4.74 Å². The predicted octanol–water partition coefficient (Wildman–Crippen LogP) is 2.70. The second-order valence-corrected chi connectivity index (χ2v) is 7.41. The van der Waals surface area contributed by atoms with E-state index in [1.165, 1.54) is 11.1 Å². The summed E-state index contributed by atoms with van der Waals surface area (Å²) in [6.07, 6.45) is 0.449. The molecule has 144 valence electrons. The summed E-state index contributed by atoms with van der Waals surface area (Å²) in [5.41, 5.74) is 3.40. The van der Waals surface area contributed by atoms with E-state index in [9.17, 15) is 5.11 Å². The van der Waals surface area contributed by atoms with Crippen molar-refractivity contribution in [1.82, 2.24) is 4.90 Å². The van der Waals surface area contributed by atoms with Crippen molar-refractivity contribution in [2.24, 2.45) is 0 Å². The molecule has 27 heavy (non-hydrogen) atoms. The van der Waals surface area contributed by atoms with Crippen molar-refractivity contribution < 1.29 is 19.3 Å². The van der Waals surface area contributed by atoms with Gasteiger partial charge in [-0.15, -0.1) is 0 Å². The summed E-state index contributed by atoms with van der Waals surface area (Å²) >= 11 is 0. The molecule has 2 aromatic rings. The number of aliphatic hydroxyl groups excluding tert-OH is 1. The highest BCUT2D eigenvalue weighted by Crippen LogP contribution is 2.43. The van der Waals surface area contributed by atoms with Crippen molar-refractivity contribution in [3.63, 3.8) is 0 Å². The van der Waals surface area contributed by atoms with Crippen molar-refractivity contribution in [2.75, 3.05) is 33.4 Å². The van der Waals surface area contributed by atoms with Crippen molar-refractivity contribution in [1.29, 1.82) is 0 Å². The minimum absolute atomic E-state index is 0.200. The minimum atomic E-state index is -0.522. The van der Waals surface area contributed by atoms with Crippen LogP contribution in [-0.4, -0.2) is 49.5 Å². The third-order valence-corrected chi connectivity index (χ3v) is 5.55. The average Bonchev–Trinajstić information content (AvgIpc) is 3.27. The van der Waals surface area contributed by atoms with Gasteiger partial charge in [0.25, 0.3) is 0 Å². The predicted molar refractivity (Wildman–Crippen MR) is 103 cm³/mol. The molecule has 1 fully saturated rings. The lowest BCUT2D eigenvalue weighted by molar-refractivity contribution is -0.0353. The number of benzene rings is 2. The van der Waals surface area contributed by atoms with Crippen LogP contribution in [0.2, 0.25) is 0 Å². The van der Waals surface area contributed by atoms with E-state index in [2.05, 4.69) is 29.2 Å². The number of rotatable bonds is 7. The van der Waals surface area contributed by atoms with E-state index in [1.807, 2.05) is 24.3 Å². The van der Waals surface area contributed by atoms with Gasteiger partial charge in [-0.05, 0) is 23.6 Å². The van der Waals surface area contributed by atoms with Crippen LogP contribution in [0.3, 0.4) is 0 Å². The molecule has 2 atom stereocenters. The molecule has 1 saturated heterocycles. The van der Waals surface area contributed by atoms with E-state index in [0.29, 0.717) is 26.4 Å². The third-order valence-electron chi connectivity index (χ3n) is 5.55. The fraction of sp³-hybridized carbons (Fsp3) is 0.455. The zero-order valence-electron chi connectivity index (χ0n) is 15.8. The molecule has 0 bridgehead atoms. The summed E-state index contributed by atoms with van der Waals surface area (Å²) in [6, 6.07) is 16.3. The van der Waals surface area contributed by atoms with Gasteiger partial charge in [-0.2, -0.15) is 0 Å². The Kier molecular flexibility index (Phi) is 5.45. The summed E-state index contributed by atoms with van der Waals surface area (Å²) in [4.78, 5) is 2.28. The fourth-order valence-corrected chi connectivity index (χ4v) is 4.21. The van der Waals surface area contributed by atoms with Gasteiger partial charge in [0.15, 0.2) is 0 Å². The molecule has 5 heteroatoms. The highest BCUT2D eigenvalue weighted by molar-refractivity contribution is 5.36. The molecule has 5 nitrogen and oxygen atoms in total. The normalized spacial score (nSPS) is 22.9. The molecule has 0 aromatic heterocycles. The van der Waals surface area contributed by atoms with Gasteiger partial charge >= 0.3 is 0 Å². The Morgan fingerprint density at radius 3 is 2.89 bits per heavy atom. The number of likely N-dealkylation sites (tertiary alicyclic amines) is 1. The monoisotopic (exact) mass is 369 g/mol. The maximum Gasteiger partial charge on any atom is 0.124 e. The highest BCUT2D eigenvalue weighted by atomic mass is 16.5. The van der Waals surface area contributed by atoms with E-state index in [1.54, 1.807) is 7.11 Å². The first-order valence-corrected chi connectivity index (χ1v) is 9.52. The summed E-state index contributed by atoms with van der Waals surface area (Å²) in [5, 5.41) is 10.4. The number of methoxy groups -OCH3 is 1. The first-order valence-electron chi connectivity index (χ1n) is 9.52. The van der Waals surface area contributed by atoms with Crippen LogP contribution in [0.4, 0.5) is 0 Å². The quantitative estimate of drug-likeness (QED) is 0.813. The molecule has 2 aliphatic rings. The van der Waals surface area contributed by atoms with Crippen LogP contribution in [0.5, 0.6) is 5.75 Å². The second kappa shape index (κ2) is 7.98. The molecule has 2 aliphatic heterocycles. The van der Waals surface area contributed by atoms with Crippen molar-refractivity contribution >= 4 is 0 Å². The summed E-state index contributed by atoms with van der Waals surface area (Å²) in [7, 11) is 1.65. The molecule has 1 N–H and O–H groups in total. The maximum absolute atomic E-state index is 10.4. The molecular weight excluding hydrogens is 342 g/mol. The number of para-hydroxylation sites is 1. The molecule has 2 aromatic carbocycles. The topological polar surface area (TPSA) is 51.2 Å². The van der Waals surface area contributed by atoms with E-state index in [-0.39, 0.29) is 5.60 Å². The number of aliphatic hydroxyl groups is 1. The fourth-order valence-electron chi connectivity index (χ4n) is 4.21. The van der Waals surface area contributed by atoms with E-state index >= 15 is 0 Å². The number of nitrogens with zero attached hydrogens (tertiary/aromatic N) is 1. The molecule has 2 heterocycles. The Morgan fingerprint density at radius 1 is 1.19 bits per heavy atom. The van der Waals surface area contributed by atoms with Gasteiger partial charge in [0, 0.05) is 25.2 Å². The zero-order chi connectivity index (χ0) is 18.7. The second-order valence-electron chi connectivity index (χ2n) is 7.41. The largest absolute Gasteiger partial charge is 0.496 e. The first kappa shape index (κ1) is 18.4. The standard InChI is InChI=1S/C22H27NO4/c1-25-21-9-5-3-7-18(21)13-26-15-19(24)12-23-11-10-22(16-23)20-8-4-2-6-17(20)14-27-22/h2-9,19,24H,10-16H2,1H3. The molecule has 4 rings (SSSR count). The molecule has 1 spiro atoms. The first-order chi connectivity index (χ1) is 13.2. The number of hydrogen-bond donors (Lipinski definition) is 1. The van der Waals surface area contributed by atoms with E-state index < -0.39 is 6.10 Å². The van der Waals surface area contributed by atoms with Gasteiger partial charge in [-0.1, -0.05) is 42.5 Å². The lowest BCUT2D eigenvalue weighted by Gasteiger charge is -2.26. The molecule has 0 radical (unpaired) electrons. The Bertz CT molecular complexity index is 780. The molecule has 0 aliphatic carbocycles. The summed E-state index contributed by atoms with van der Waals surface area (Å²) in [6.45, 7) is 3.78. The van der Waals surface area contributed by atoms with Crippen molar-refractivity contribution in [3.8, 4) is 5.75 Å². The molecule has 0 amide bonds. The van der Waals surface area contributed by atoms with Crippen LogP contribution in [-0.2, 0) is 28.3 Å². The van der Waals surface area contributed by atoms with Crippen LogP contribution in [0.15, 0.2) is 48.5 Å². The number of β-amino-alcohol motifs (C(OH)–C–C–N with tert-alkyl or cyclic N) is 1. The van der Waals surface area contributed by atoms with Crippen molar-refractivity contribution in [3.05, 3.63) is 65.2 Å². The van der Waals surface area contributed by atoms with Gasteiger partial charge in [-0.25, -0.2) is 0 Å².